The predicted molar refractivity (Wildman–Crippen MR) is 82.5 cm³/mol. The van der Waals surface area contributed by atoms with Crippen LogP contribution in [-0.2, 0) is 0 Å². The first-order chi connectivity index (χ1) is 9.21. The average Bonchev–Trinajstić information content (AvgIpc) is 2.33. The molecule has 0 aliphatic rings. The number of hydrogen-bond acceptors (Lipinski definition) is 6. The quantitative estimate of drug-likeness (QED) is 0.471. The molecule has 0 fully saturated rings. The number of nitrogens with two attached hydrogens (primary N) is 1. The Balaban J connectivity index is 2.70. The van der Waals surface area contributed by atoms with Crippen LogP contribution in [-0.4, -0.2) is 27.7 Å². The van der Waals surface area contributed by atoms with Gasteiger partial charge in [-0.15, -0.1) is 0 Å². The lowest BCUT2D eigenvalue weighted by Crippen LogP contribution is -2.25. The van der Waals surface area contributed by atoms with Crippen molar-refractivity contribution in [1.29, 1.82) is 0 Å². The maximum atomic E-state index is 10.0. The molecule has 1 aromatic rings. The Bertz CT molecular complexity index is 428. The predicted octanol–water partition coefficient (Wildman–Crippen LogP) is 2.09. The number of nitrogens with zero attached hydrogens (tertiary/aromatic N) is 2. The van der Waals surface area contributed by atoms with Gasteiger partial charge in [-0.25, -0.2) is 15.8 Å². The van der Waals surface area contributed by atoms with Crippen LogP contribution in [0.5, 0.6) is 0 Å². The Morgan fingerprint density at radius 2 is 1.85 bits per heavy atom. The van der Waals surface area contributed by atoms with E-state index in [0.29, 0.717) is 24.0 Å². The van der Waals surface area contributed by atoms with Crippen LogP contribution in [0.15, 0.2) is 6.07 Å². The molecule has 114 valence electrons. The molecule has 6 nitrogen and oxygen atoms in total. The Hall–Kier alpha value is -1.40. The fourth-order valence-electron chi connectivity index (χ4n) is 1.89. The van der Waals surface area contributed by atoms with E-state index < -0.39 is 6.10 Å². The number of aromatic nitrogens is 2. The van der Waals surface area contributed by atoms with E-state index in [0.717, 1.165) is 6.42 Å². The van der Waals surface area contributed by atoms with Crippen LogP contribution in [0.3, 0.4) is 0 Å². The van der Waals surface area contributed by atoms with Crippen LogP contribution >= 0.6 is 0 Å². The summed E-state index contributed by atoms with van der Waals surface area (Å²) >= 11 is 0. The summed E-state index contributed by atoms with van der Waals surface area (Å²) in [5.74, 6) is 7.57. The van der Waals surface area contributed by atoms with Crippen molar-refractivity contribution in [2.75, 3.05) is 17.3 Å². The van der Waals surface area contributed by atoms with E-state index in [1.807, 2.05) is 13.8 Å². The summed E-state index contributed by atoms with van der Waals surface area (Å²) in [6.45, 7) is 10.8. The van der Waals surface area contributed by atoms with Gasteiger partial charge in [-0.1, -0.05) is 34.6 Å². The number of nitrogens with one attached hydrogen (secondary N) is 2. The number of aliphatic hydroxyl groups excluding tert-OH is 1. The molecule has 0 spiro atoms. The third-order valence-electron chi connectivity index (χ3n) is 2.77. The van der Waals surface area contributed by atoms with E-state index in [1.54, 1.807) is 6.07 Å². The third kappa shape index (κ3) is 5.71. The first-order valence-corrected chi connectivity index (χ1v) is 6.99. The van der Waals surface area contributed by atoms with Crippen molar-refractivity contribution in [1.82, 2.24) is 9.97 Å². The van der Waals surface area contributed by atoms with Crippen LogP contribution in [0, 0.1) is 5.41 Å². The fourth-order valence-corrected chi connectivity index (χ4v) is 1.89. The molecule has 0 amide bonds. The summed E-state index contributed by atoms with van der Waals surface area (Å²) in [5, 5.41) is 13.1. The molecule has 0 bridgehead atoms. The zero-order valence-corrected chi connectivity index (χ0v) is 13.1. The Labute approximate surface area is 121 Å². The molecule has 20 heavy (non-hydrogen) atoms. The van der Waals surface area contributed by atoms with Gasteiger partial charge in [-0.2, -0.15) is 0 Å². The number of nitrogen functional groups attached to an aromatic ring is 1. The number of rotatable bonds is 6. The van der Waals surface area contributed by atoms with E-state index in [-0.39, 0.29) is 11.3 Å². The van der Waals surface area contributed by atoms with E-state index in [4.69, 9.17) is 5.84 Å². The summed E-state index contributed by atoms with van der Waals surface area (Å²) in [4.78, 5) is 8.71. The smallest absolute Gasteiger partial charge is 0.145 e. The molecule has 0 aliphatic heterocycles. The van der Waals surface area contributed by atoms with E-state index >= 15 is 0 Å². The minimum atomic E-state index is -0.415. The van der Waals surface area contributed by atoms with Crippen LogP contribution in [0.1, 0.15) is 52.8 Å². The fraction of sp³-hybridized carbons (Fsp3) is 0.714. The van der Waals surface area contributed by atoms with Gasteiger partial charge >= 0.3 is 0 Å². The SMILES string of the molecule is CC(C)c1nc(NN)cc(NCC(O)CC(C)(C)C)n1. The standard InChI is InChI=1S/C14H27N5O/c1-9(2)13-17-11(6-12(18-13)19-15)16-8-10(20)7-14(3,4)5/h6,9-10,20H,7-8,15H2,1-5H3,(H2,16,17,18,19). The Morgan fingerprint density at radius 3 is 2.35 bits per heavy atom. The molecule has 1 aromatic heterocycles. The Kier molecular flexibility index (Phi) is 5.71. The van der Waals surface area contributed by atoms with Gasteiger partial charge in [0.25, 0.3) is 0 Å². The molecule has 0 saturated heterocycles. The molecule has 0 saturated carbocycles. The molecule has 5 N–H and O–H groups in total. The van der Waals surface area contributed by atoms with Crippen molar-refractivity contribution >= 4 is 11.6 Å². The van der Waals surface area contributed by atoms with Gasteiger partial charge < -0.3 is 15.8 Å². The van der Waals surface area contributed by atoms with Crippen LogP contribution < -0.4 is 16.6 Å². The van der Waals surface area contributed by atoms with Crippen molar-refractivity contribution in [2.45, 2.75) is 53.1 Å². The van der Waals surface area contributed by atoms with E-state index in [9.17, 15) is 5.11 Å². The minimum Gasteiger partial charge on any atom is -0.391 e. The lowest BCUT2D eigenvalue weighted by Gasteiger charge is -2.22. The summed E-state index contributed by atoms with van der Waals surface area (Å²) in [6, 6.07) is 1.73. The first kappa shape index (κ1) is 16.7. The zero-order chi connectivity index (χ0) is 15.3. The normalized spacial score (nSPS) is 13.4. The summed E-state index contributed by atoms with van der Waals surface area (Å²) in [7, 11) is 0. The minimum absolute atomic E-state index is 0.0971. The molecule has 1 rings (SSSR count). The van der Waals surface area contributed by atoms with Gasteiger partial charge in [0.15, 0.2) is 0 Å². The van der Waals surface area contributed by atoms with Crippen molar-refractivity contribution in [3.63, 3.8) is 0 Å². The van der Waals surface area contributed by atoms with Crippen molar-refractivity contribution < 1.29 is 5.11 Å². The molecular formula is C14H27N5O. The number of anilines is 2. The van der Waals surface area contributed by atoms with E-state index in [2.05, 4.69) is 41.5 Å². The second kappa shape index (κ2) is 6.85. The monoisotopic (exact) mass is 281 g/mol. The molecule has 1 heterocycles. The molecule has 1 atom stereocenters. The van der Waals surface area contributed by atoms with Gasteiger partial charge in [-0.05, 0) is 11.8 Å². The highest BCUT2D eigenvalue weighted by molar-refractivity contribution is 5.47. The molecule has 0 aliphatic carbocycles. The van der Waals surface area contributed by atoms with Gasteiger partial charge in [0.2, 0.25) is 0 Å². The van der Waals surface area contributed by atoms with Gasteiger partial charge in [-0.3, -0.25) is 0 Å². The van der Waals surface area contributed by atoms with Crippen LogP contribution in [0.25, 0.3) is 0 Å². The largest absolute Gasteiger partial charge is 0.391 e. The first-order valence-electron chi connectivity index (χ1n) is 6.99. The average molecular weight is 281 g/mol. The highest BCUT2D eigenvalue weighted by Crippen LogP contribution is 2.21. The zero-order valence-electron chi connectivity index (χ0n) is 13.1. The summed E-state index contributed by atoms with van der Waals surface area (Å²) in [5.41, 5.74) is 2.63. The molecule has 0 aromatic carbocycles. The molecule has 1 unspecified atom stereocenters. The highest BCUT2D eigenvalue weighted by atomic mass is 16.3. The van der Waals surface area contributed by atoms with Gasteiger partial charge in [0.05, 0.1) is 6.10 Å². The van der Waals surface area contributed by atoms with Crippen molar-refractivity contribution in [3.8, 4) is 0 Å². The molecular weight excluding hydrogens is 254 g/mol. The Morgan fingerprint density at radius 1 is 1.25 bits per heavy atom. The van der Waals surface area contributed by atoms with Crippen molar-refractivity contribution in [2.24, 2.45) is 11.3 Å². The third-order valence-corrected chi connectivity index (χ3v) is 2.77. The topological polar surface area (TPSA) is 96.1 Å². The maximum absolute atomic E-state index is 10.0. The van der Waals surface area contributed by atoms with Gasteiger partial charge in [0, 0.05) is 18.5 Å². The molecule has 6 heteroatoms. The lowest BCUT2D eigenvalue weighted by atomic mass is 9.89. The summed E-state index contributed by atoms with van der Waals surface area (Å²) in [6.07, 6.45) is 0.311. The summed E-state index contributed by atoms with van der Waals surface area (Å²) < 4.78 is 0. The van der Waals surface area contributed by atoms with Crippen LogP contribution in [0.2, 0.25) is 0 Å². The second-order valence-corrected chi connectivity index (χ2v) is 6.60. The van der Waals surface area contributed by atoms with Gasteiger partial charge in [0.1, 0.15) is 17.5 Å². The number of hydrogen-bond donors (Lipinski definition) is 4. The molecule has 0 radical (unpaired) electrons. The van der Waals surface area contributed by atoms with E-state index in [1.165, 1.54) is 0 Å². The van der Waals surface area contributed by atoms with Crippen LogP contribution in [0.4, 0.5) is 11.6 Å². The highest BCUT2D eigenvalue weighted by Gasteiger charge is 2.17. The maximum Gasteiger partial charge on any atom is 0.145 e. The number of aliphatic hydroxyl groups is 1. The number of hydrazine groups is 1. The lowest BCUT2D eigenvalue weighted by molar-refractivity contribution is 0.132. The second-order valence-electron chi connectivity index (χ2n) is 6.60. The van der Waals surface area contributed by atoms with Crippen molar-refractivity contribution in [3.05, 3.63) is 11.9 Å².